The molecule has 1 aliphatic carbocycles. The molecular weight excluding hydrogens is 162 g/mol. The van der Waals surface area contributed by atoms with E-state index >= 15 is 0 Å². The molecule has 0 unspecified atom stereocenters. The van der Waals surface area contributed by atoms with Crippen LogP contribution >= 0.6 is 0 Å². The fourth-order valence-electron chi connectivity index (χ4n) is 1.98. The summed E-state index contributed by atoms with van der Waals surface area (Å²) in [5.74, 6) is 0.784. The van der Waals surface area contributed by atoms with Crippen LogP contribution in [-0.4, -0.2) is 9.78 Å². The second-order valence-corrected chi connectivity index (χ2v) is 3.71. The summed E-state index contributed by atoms with van der Waals surface area (Å²) in [5, 5.41) is 12.8. The van der Waals surface area contributed by atoms with Gasteiger partial charge in [0.2, 0.25) is 0 Å². The molecule has 2 rings (SSSR count). The molecular formula is C10H13N3. The van der Waals surface area contributed by atoms with Gasteiger partial charge in [-0.25, -0.2) is 0 Å². The van der Waals surface area contributed by atoms with Crippen LogP contribution in [-0.2, 0) is 6.54 Å². The van der Waals surface area contributed by atoms with Gasteiger partial charge in [0, 0.05) is 12.7 Å². The Kier molecular flexibility index (Phi) is 2.31. The summed E-state index contributed by atoms with van der Waals surface area (Å²) in [6.45, 7) is 0.988. The van der Waals surface area contributed by atoms with Crippen molar-refractivity contribution in [3.63, 3.8) is 0 Å². The van der Waals surface area contributed by atoms with Gasteiger partial charge in [-0.05, 0) is 18.8 Å². The first kappa shape index (κ1) is 8.31. The minimum atomic E-state index is 0.665. The van der Waals surface area contributed by atoms with Crippen LogP contribution in [0.25, 0.3) is 0 Å². The van der Waals surface area contributed by atoms with Crippen molar-refractivity contribution in [2.45, 2.75) is 32.2 Å². The molecule has 1 fully saturated rings. The highest BCUT2D eigenvalue weighted by atomic mass is 15.3. The van der Waals surface area contributed by atoms with Gasteiger partial charge >= 0.3 is 0 Å². The van der Waals surface area contributed by atoms with Gasteiger partial charge in [0.05, 0.1) is 11.8 Å². The Bertz CT molecular complexity index is 315. The second kappa shape index (κ2) is 3.61. The summed E-state index contributed by atoms with van der Waals surface area (Å²) in [6, 6.07) is 2.09. The predicted molar refractivity (Wildman–Crippen MR) is 48.9 cm³/mol. The van der Waals surface area contributed by atoms with Gasteiger partial charge in [-0.1, -0.05) is 12.8 Å². The smallest absolute Gasteiger partial charge is 0.102 e. The van der Waals surface area contributed by atoms with E-state index < -0.39 is 0 Å². The van der Waals surface area contributed by atoms with Gasteiger partial charge in [-0.2, -0.15) is 10.4 Å². The van der Waals surface area contributed by atoms with E-state index in [0.29, 0.717) is 5.56 Å². The van der Waals surface area contributed by atoms with Crippen LogP contribution in [0.2, 0.25) is 0 Å². The highest BCUT2D eigenvalue weighted by molar-refractivity contribution is 5.21. The topological polar surface area (TPSA) is 41.6 Å². The van der Waals surface area contributed by atoms with E-state index in [4.69, 9.17) is 5.26 Å². The molecule has 0 aliphatic heterocycles. The van der Waals surface area contributed by atoms with E-state index in [1.807, 2.05) is 10.9 Å². The van der Waals surface area contributed by atoms with Crippen molar-refractivity contribution in [3.05, 3.63) is 18.0 Å². The van der Waals surface area contributed by atoms with Gasteiger partial charge in [-0.3, -0.25) is 4.68 Å². The van der Waals surface area contributed by atoms with Crippen LogP contribution in [0.4, 0.5) is 0 Å². The fraction of sp³-hybridized carbons (Fsp3) is 0.600. The van der Waals surface area contributed by atoms with Crippen molar-refractivity contribution >= 4 is 0 Å². The Morgan fingerprint density at radius 2 is 2.31 bits per heavy atom. The predicted octanol–water partition coefficient (Wildman–Crippen LogP) is 1.94. The molecule has 0 atom stereocenters. The molecule has 1 aromatic heterocycles. The zero-order chi connectivity index (χ0) is 9.10. The lowest BCUT2D eigenvalue weighted by Crippen LogP contribution is -2.07. The van der Waals surface area contributed by atoms with Crippen LogP contribution in [0.1, 0.15) is 31.2 Å². The lowest BCUT2D eigenvalue weighted by atomic mass is 10.1. The molecule has 1 saturated carbocycles. The summed E-state index contributed by atoms with van der Waals surface area (Å²) < 4.78 is 1.90. The van der Waals surface area contributed by atoms with Gasteiger partial charge in [0.15, 0.2) is 0 Å². The quantitative estimate of drug-likeness (QED) is 0.689. The molecule has 1 heterocycles. The number of hydrogen-bond donors (Lipinski definition) is 0. The third-order valence-corrected chi connectivity index (χ3v) is 2.68. The minimum absolute atomic E-state index is 0.665. The van der Waals surface area contributed by atoms with Crippen LogP contribution in [0.5, 0.6) is 0 Å². The number of nitrogens with zero attached hydrogens (tertiary/aromatic N) is 3. The van der Waals surface area contributed by atoms with Crippen molar-refractivity contribution < 1.29 is 0 Å². The molecule has 0 N–H and O–H groups in total. The zero-order valence-electron chi connectivity index (χ0n) is 7.61. The molecule has 13 heavy (non-hydrogen) atoms. The average molecular weight is 175 g/mol. The first-order chi connectivity index (χ1) is 6.38. The maximum atomic E-state index is 8.61. The monoisotopic (exact) mass is 175 g/mol. The van der Waals surface area contributed by atoms with Crippen molar-refractivity contribution in [3.8, 4) is 6.07 Å². The molecule has 1 aliphatic rings. The highest BCUT2D eigenvalue weighted by Gasteiger charge is 2.15. The molecule has 3 heteroatoms. The van der Waals surface area contributed by atoms with Crippen LogP contribution < -0.4 is 0 Å². The number of aromatic nitrogens is 2. The summed E-state index contributed by atoms with van der Waals surface area (Å²) in [5.41, 5.74) is 0.665. The first-order valence-electron chi connectivity index (χ1n) is 4.81. The van der Waals surface area contributed by atoms with Crippen LogP contribution in [0, 0.1) is 17.2 Å². The zero-order valence-corrected chi connectivity index (χ0v) is 7.61. The Labute approximate surface area is 78.0 Å². The average Bonchev–Trinajstić information content (AvgIpc) is 2.76. The van der Waals surface area contributed by atoms with E-state index in [2.05, 4.69) is 11.2 Å². The van der Waals surface area contributed by atoms with Crippen LogP contribution in [0.3, 0.4) is 0 Å². The molecule has 0 spiro atoms. The molecule has 1 aromatic rings. The number of nitriles is 1. The molecule has 0 aromatic carbocycles. The van der Waals surface area contributed by atoms with E-state index in [1.54, 1.807) is 6.20 Å². The fourth-order valence-corrected chi connectivity index (χ4v) is 1.98. The largest absolute Gasteiger partial charge is 0.271 e. The maximum absolute atomic E-state index is 8.61. The molecule has 0 radical (unpaired) electrons. The van der Waals surface area contributed by atoms with E-state index in [0.717, 1.165) is 12.5 Å². The van der Waals surface area contributed by atoms with E-state index in [9.17, 15) is 0 Å². The third-order valence-electron chi connectivity index (χ3n) is 2.68. The van der Waals surface area contributed by atoms with Crippen molar-refractivity contribution in [1.29, 1.82) is 5.26 Å². The minimum Gasteiger partial charge on any atom is -0.271 e. The Morgan fingerprint density at radius 3 is 2.92 bits per heavy atom. The number of rotatable bonds is 2. The maximum Gasteiger partial charge on any atom is 0.102 e. The van der Waals surface area contributed by atoms with Crippen LogP contribution in [0.15, 0.2) is 12.4 Å². The van der Waals surface area contributed by atoms with Gasteiger partial charge in [0.25, 0.3) is 0 Å². The van der Waals surface area contributed by atoms with Gasteiger partial charge in [0.1, 0.15) is 6.07 Å². The molecule has 0 saturated heterocycles. The van der Waals surface area contributed by atoms with Crippen molar-refractivity contribution in [2.24, 2.45) is 5.92 Å². The SMILES string of the molecule is N#Cc1cnn(CC2CCCC2)c1. The van der Waals surface area contributed by atoms with Gasteiger partial charge in [-0.15, -0.1) is 0 Å². The highest BCUT2D eigenvalue weighted by Crippen LogP contribution is 2.25. The molecule has 0 amide bonds. The second-order valence-electron chi connectivity index (χ2n) is 3.71. The molecule has 3 nitrogen and oxygen atoms in total. The summed E-state index contributed by atoms with van der Waals surface area (Å²) in [4.78, 5) is 0. The Morgan fingerprint density at radius 1 is 1.54 bits per heavy atom. The first-order valence-corrected chi connectivity index (χ1v) is 4.81. The number of hydrogen-bond acceptors (Lipinski definition) is 2. The normalized spacial score (nSPS) is 17.5. The third kappa shape index (κ3) is 1.89. The van der Waals surface area contributed by atoms with E-state index in [1.165, 1.54) is 25.7 Å². The van der Waals surface area contributed by atoms with Gasteiger partial charge < -0.3 is 0 Å². The van der Waals surface area contributed by atoms with Crippen molar-refractivity contribution in [2.75, 3.05) is 0 Å². The van der Waals surface area contributed by atoms with Crippen molar-refractivity contribution in [1.82, 2.24) is 9.78 Å². The summed E-state index contributed by atoms with van der Waals surface area (Å²) in [7, 11) is 0. The summed E-state index contributed by atoms with van der Waals surface area (Å²) in [6.07, 6.45) is 8.82. The summed E-state index contributed by atoms with van der Waals surface area (Å²) >= 11 is 0. The lowest BCUT2D eigenvalue weighted by molar-refractivity contribution is 0.429. The standard InChI is InChI=1S/C10H13N3/c11-5-10-6-12-13(8-10)7-9-3-1-2-4-9/h6,8-9H,1-4,7H2. The molecule has 0 bridgehead atoms. The Hall–Kier alpha value is -1.30. The lowest BCUT2D eigenvalue weighted by Gasteiger charge is -2.07. The Balaban J connectivity index is 1.97. The van der Waals surface area contributed by atoms with E-state index in [-0.39, 0.29) is 0 Å². The molecule has 68 valence electrons.